The highest BCUT2D eigenvalue weighted by atomic mass is 16.5. The SMILES string of the molecule is CCC(C)n1nc(/C=C/OC)cc1C. The summed E-state index contributed by atoms with van der Waals surface area (Å²) in [5, 5.41) is 4.47. The molecule has 3 heteroatoms. The zero-order chi connectivity index (χ0) is 10.6. The molecule has 0 amide bonds. The van der Waals surface area contributed by atoms with Crippen molar-refractivity contribution >= 4 is 6.08 Å². The van der Waals surface area contributed by atoms with Crippen molar-refractivity contribution < 1.29 is 4.74 Å². The van der Waals surface area contributed by atoms with Gasteiger partial charge in [-0.05, 0) is 26.3 Å². The molecule has 1 aromatic rings. The molecule has 1 atom stereocenters. The molecular weight excluding hydrogens is 176 g/mol. The zero-order valence-electron chi connectivity index (χ0n) is 9.32. The Hall–Kier alpha value is -1.25. The molecule has 1 aromatic heterocycles. The zero-order valence-corrected chi connectivity index (χ0v) is 9.32. The summed E-state index contributed by atoms with van der Waals surface area (Å²) in [6.45, 7) is 6.41. The molecule has 0 saturated carbocycles. The number of hydrogen-bond acceptors (Lipinski definition) is 2. The molecule has 1 heterocycles. The van der Waals surface area contributed by atoms with Crippen molar-refractivity contribution in [3.8, 4) is 0 Å². The minimum atomic E-state index is 0.458. The number of aryl methyl sites for hydroxylation is 1. The smallest absolute Gasteiger partial charge is 0.0884 e. The molecule has 78 valence electrons. The van der Waals surface area contributed by atoms with Crippen LogP contribution in [0, 0.1) is 6.92 Å². The third kappa shape index (κ3) is 2.37. The minimum Gasteiger partial charge on any atom is -0.504 e. The first-order chi connectivity index (χ1) is 6.69. The molecule has 0 radical (unpaired) electrons. The monoisotopic (exact) mass is 194 g/mol. The van der Waals surface area contributed by atoms with Gasteiger partial charge in [0.2, 0.25) is 0 Å². The van der Waals surface area contributed by atoms with Gasteiger partial charge in [0.1, 0.15) is 0 Å². The van der Waals surface area contributed by atoms with E-state index in [0.29, 0.717) is 6.04 Å². The van der Waals surface area contributed by atoms with Crippen LogP contribution in [0.25, 0.3) is 6.08 Å². The van der Waals surface area contributed by atoms with Crippen molar-refractivity contribution in [1.29, 1.82) is 0 Å². The van der Waals surface area contributed by atoms with Gasteiger partial charge in [-0.15, -0.1) is 0 Å². The first kappa shape index (κ1) is 10.8. The summed E-state index contributed by atoms with van der Waals surface area (Å²) in [4.78, 5) is 0. The summed E-state index contributed by atoms with van der Waals surface area (Å²) < 4.78 is 6.90. The Morgan fingerprint density at radius 1 is 1.64 bits per heavy atom. The van der Waals surface area contributed by atoms with Gasteiger partial charge < -0.3 is 4.74 Å². The van der Waals surface area contributed by atoms with Crippen LogP contribution in [0.2, 0.25) is 0 Å². The Labute approximate surface area is 85.4 Å². The van der Waals surface area contributed by atoms with E-state index in [2.05, 4.69) is 36.6 Å². The minimum absolute atomic E-state index is 0.458. The number of nitrogens with zero attached hydrogens (tertiary/aromatic N) is 2. The third-order valence-corrected chi connectivity index (χ3v) is 2.32. The summed E-state index contributed by atoms with van der Waals surface area (Å²) in [6.07, 6.45) is 4.60. The Balaban J connectivity index is 2.87. The van der Waals surface area contributed by atoms with Crippen LogP contribution in [0.15, 0.2) is 12.3 Å². The van der Waals surface area contributed by atoms with E-state index in [0.717, 1.165) is 12.1 Å². The maximum atomic E-state index is 4.85. The summed E-state index contributed by atoms with van der Waals surface area (Å²) in [7, 11) is 1.63. The highest BCUT2D eigenvalue weighted by molar-refractivity contribution is 5.43. The molecule has 0 aliphatic carbocycles. The lowest BCUT2D eigenvalue weighted by Gasteiger charge is -2.10. The number of rotatable bonds is 4. The number of hydrogen-bond donors (Lipinski definition) is 0. The van der Waals surface area contributed by atoms with Crippen LogP contribution in [0.4, 0.5) is 0 Å². The van der Waals surface area contributed by atoms with Crippen molar-refractivity contribution in [2.45, 2.75) is 33.2 Å². The van der Waals surface area contributed by atoms with E-state index in [1.165, 1.54) is 5.69 Å². The van der Waals surface area contributed by atoms with Gasteiger partial charge in [0.25, 0.3) is 0 Å². The van der Waals surface area contributed by atoms with E-state index in [9.17, 15) is 0 Å². The topological polar surface area (TPSA) is 27.1 Å². The molecule has 14 heavy (non-hydrogen) atoms. The van der Waals surface area contributed by atoms with E-state index in [1.54, 1.807) is 13.4 Å². The summed E-state index contributed by atoms with van der Waals surface area (Å²) >= 11 is 0. The highest BCUT2D eigenvalue weighted by Crippen LogP contribution is 2.14. The van der Waals surface area contributed by atoms with Crippen LogP contribution >= 0.6 is 0 Å². The van der Waals surface area contributed by atoms with Gasteiger partial charge in [0, 0.05) is 17.8 Å². The van der Waals surface area contributed by atoms with Gasteiger partial charge in [-0.25, -0.2) is 0 Å². The van der Waals surface area contributed by atoms with E-state index in [-0.39, 0.29) is 0 Å². The van der Waals surface area contributed by atoms with Crippen molar-refractivity contribution in [3.63, 3.8) is 0 Å². The quantitative estimate of drug-likeness (QED) is 0.689. The Morgan fingerprint density at radius 2 is 2.36 bits per heavy atom. The fourth-order valence-electron chi connectivity index (χ4n) is 1.35. The third-order valence-electron chi connectivity index (χ3n) is 2.32. The fourth-order valence-corrected chi connectivity index (χ4v) is 1.35. The van der Waals surface area contributed by atoms with Crippen LogP contribution in [-0.2, 0) is 4.74 Å². The van der Waals surface area contributed by atoms with Crippen LogP contribution in [-0.4, -0.2) is 16.9 Å². The molecule has 0 aliphatic rings. The van der Waals surface area contributed by atoms with Crippen molar-refractivity contribution in [1.82, 2.24) is 9.78 Å². The van der Waals surface area contributed by atoms with Crippen molar-refractivity contribution in [2.24, 2.45) is 0 Å². The van der Waals surface area contributed by atoms with Gasteiger partial charge in [-0.3, -0.25) is 4.68 Å². The second-order valence-electron chi connectivity index (χ2n) is 3.45. The first-order valence-corrected chi connectivity index (χ1v) is 4.94. The number of methoxy groups -OCH3 is 1. The van der Waals surface area contributed by atoms with Crippen LogP contribution in [0.3, 0.4) is 0 Å². The predicted octanol–water partition coefficient (Wildman–Crippen LogP) is 2.78. The molecule has 0 saturated heterocycles. The Kier molecular flexibility index (Phi) is 3.74. The lowest BCUT2D eigenvalue weighted by atomic mass is 10.2. The molecule has 0 aromatic carbocycles. The predicted molar refractivity (Wildman–Crippen MR) is 58.0 cm³/mol. The van der Waals surface area contributed by atoms with Gasteiger partial charge >= 0.3 is 0 Å². The molecule has 0 aliphatic heterocycles. The maximum absolute atomic E-state index is 4.85. The van der Waals surface area contributed by atoms with E-state index in [4.69, 9.17) is 4.74 Å². The summed E-state index contributed by atoms with van der Waals surface area (Å²) in [5.41, 5.74) is 2.14. The van der Waals surface area contributed by atoms with Crippen LogP contribution < -0.4 is 0 Å². The molecule has 0 bridgehead atoms. The molecule has 0 N–H and O–H groups in total. The largest absolute Gasteiger partial charge is 0.504 e. The lowest BCUT2D eigenvalue weighted by molar-refractivity contribution is 0.341. The molecular formula is C11H18N2O. The molecule has 0 spiro atoms. The number of ether oxygens (including phenoxy) is 1. The van der Waals surface area contributed by atoms with Gasteiger partial charge in [0.05, 0.1) is 19.1 Å². The van der Waals surface area contributed by atoms with Gasteiger partial charge in [-0.1, -0.05) is 6.92 Å². The molecule has 1 unspecified atom stereocenters. The highest BCUT2D eigenvalue weighted by Gasteiger charge is 2.07. The van der Waals surface area contributed by atoms with E-state index >= 15 is 0 Å². The molecule has 0 fully saturated rings. The van der Waals surface area contributed by atoms with Gasteiger partial charge in [0.15, 0.2) is 0 Å². The van der Waals surface area contributed by atoms with Crippen molar-refractivity contribution in [3.05, 3.63) is 23.7 Å². The molecule has 1 rings (SSSR count). The van der Waals surface area contributed by atoms with Crippen LogP contribution in [0.5, 0.6) is 0 Å². The normalized spacial score (nSPS) is 13.4. The van der Waals surface area contributed by atoms with E-state index in [1.807, 2.05) is 6.08 Å². The maximum Gasteiger partial charge on any atom is 0.0884 e. The lowest BCUT2D eigenvalue weighted by Crippen LogP contribution is -2.07. The summed E-state index contributed by atoms with van der Waals surface area (Å²) in [5.74, 6) is 0. The first-order valence-electron chi connectivity index (χ1n) is 4.94. The Morgan fingerprint density at radius 3 is 2.93 bits per heavy atom. The fraction of sp³-hybridized carbons (Fsp3) is 0.545. The second kappa shape index (κ2) is 4.84. The second-order valence-corrected chi connectivity index (χ2v) is 3.45. The average molecular weight is 194 g/mol. The average Bonchev–Trinajstić information content (AvgIpc) is 2.55. The van der Waals surface area contributed by atoms with E-state index < -0.39 is 0 Å². The Bertz CT molecular complexity index is 315. The standard InChI is InChI=1S/C11H18N2O/c1-5-9(2)13-10(3)8-11(12-13)6-7-14-4/h6-9H,5H2,1-4H3/b7-6+. The summed E-state index contributed by atoms with van der Waals surface area (Å²) in [6, 6.07) is 2.52. The number of aromatic nitrogens is 2. The van der Waals surface area contributed by atoms with Crippen LogP contribution in [0.1, 0.15) is 37.7 Å². The van der Waals surface area contributed by atoms with Crippen molar-refractivity contribution in [2.75, 3.05) is 7.11 Å². The molecule has 3 nitrogen and oxygen atoms in total. The van der Waals surface area contributed by atoms with Gasteiger partial charge in [-0.2, -0.15) is 5.10 Å².